The molecule has 0 spiro atoms. The Morgan fingerprint density at radius 1 is 1.10 bits per heavy atom. The van der Waals surface area contributed by atoms with Gasteiger partial charge in [-0.25, -0.2) is 0 Å². The molecule has 1 fully saturated rings. The zero-order valence-electron chi connectivity index (χ0n) is 12.0. The van der Waals surface area contributed by atoms with E-state index in [1.165, 1.54) is 0 Å². The molecular weight excluding hydrogens is 256 g/mol. The molecule has 0 saturated heterocycles. The van der Waals surface area contributed by atoms with E-state index in [2.05, 4.69) is 11.4 Å². The third-order valence-corrected chi connectivity index (χ3v) is 3.96. The molecule has 1 rings (SSSR count). The average molecular weight is 280 g/mol. The van der Waals surface area contributed by atoms with Gasteiger partial charge in [0.2, 0.25) is 5.91 Å². The number of nitrogens with one attached hydrogen (secondary N) is 1. The van der Waals surface area contributed by atoms with Gasteiger partial charge in [0.15, 0.2) is 0 Å². The smallest absolute Gasteiger partial charge is 0.303 e. The third-order valence-electron chi connectivity index (χ3n) is 3.96. The highest BCUT2D eigenvalue weighted by atomic mass is 16.4. The maximum atomic E-state index is 12.0. The summed E-state index contributed by atoms with van der Waals surface area (Å²) in [4.78, 5) is 22.3. The monoisotopic (exact) mass is 280 g/mol. The van der Waals surface area contributed by atoms with Gasteiger partial charge in [-0.05, 0) is 25.7 Å². The number of carboxylic acids is 1. The molecule has 1 amide bonds. The van der Waals surface area contributed by atoms with Crippen molar-refractivity contribution in [1.29, 1.82) is 5.26 Å². The summed E-state index contributed by atoms with van der Waals surface area (Å²) in [5.74, 6) is -0.848. The Labute approximate surface area is 120 Å². The first-order chi connectivity index (χ1) is 9.60. The number of hydrogen-bond donors (Lipinski definition) is 2. The van der Waals surface area contributed by atoms with Crippen LogP contribution in [-0.4, -0.2) is 23.5 Å². The van der Waals surface area contributed by atoms with E-state index in [-0.39, 0.29) is 12.3 Å². The summed E-state index contributed by atoms with van der Waals surface area (Å²) in [6, 6.07) is 2.19. The van der Waals surface area contributed by atoms with Crippen LogP contribution in [0.4, 0.5) is 0 Å². The average Bonchev–Trinajstić information content (AvgIpc) is 2.91. The molecule has 1 saturated carbocycles. The number of hydrogen-bond acceptors (Lipinski definition) is 3. The molecule has 0 aliphatic heterocycles. The standard InChI is InChI=1S/C15H24N2O3/c16-12-15(9-5-6-10-15)14(20)17-11-7-3-1-2-4-8-13(18)19/h1-11H2,(H,17,20)(H,18,19). The van der Waals surface area contributed by atoms with Crippen molar-refractivity contribution >= 4 is 11.9 Å². The number of rotatable bonds is 9. The highest BCUT2D eigenvalue weighted by Crippen LogP contribution is 2.37. The number of aliphatic carboxylic acids is 1. The van der Waals surface area contributed by atoms with E-state index in [1.54, 1.807) is 0 Å². The highest BCUT2D eigenvalue weighted by molar-refractivity contribution is 5.85. The van der Waals surface area contributed by atoms with Crippen molar-refractivity contribution in [2.24, 2.45) is 5.41 Å². The maximum absolute atomic E-state index is 12.0. The van der Waals surface area contributed by atoms with Crippen LogP contribution >= 0.6 is 0 Å². The molecule has 0 heterocycles. The van der Waals surface area contributed by atoms with Crippen LogP contribution in [0.5, 0.6) is 0 Å². The lowest BCUT2D eigenvalue weighted by Crippen LogP contribution is -2.38. The van der Waals surface area contributed by atoms with Gasteiger partial charge in [-0.1, -0.05) is 32.1 Å². The van der Waals surface area contributed by atoms with Crippen LogP contribution in [0.3, 0.4) is 0 Å². The van der Waals surface area contributed by atoms with Gasteiger partial charge in [0.1, 0.15) is 5.41 Å². The lowest BCUT2D eigenvalue weighted by atomic mass is 9.87. The molecule has 1 aliphatic carbocycles. The van der Waals surface area contributed by atoms with E-state index >= 15 is 0 Å². The van der Waals surface area contributed by atoms with Gasteiger partial charge in [0.05, 0.1) is 6.07 Å². The summed E-state index contributed by atoms with van der Waals surface area (Å²) in [6.45, 7) is 0.612. The fourth-order valence-electron chi connectivity index (χ4n) is 2.67. The Balaban J connectivity index is 2.05. The van der Waals surface area contributed by atoms with Crippen LogP contribution in [0.25, 0.3) is 0 Å². The van der Waals surface area contributed by atoms with Crippen molar-refractivity contribution in [2.75, 3.05) is 6.54 Å². The summed E-state index contributed by atoms with van der Waals surface area (Å²) in [5, 5.41) is 20.5. The number of carbonyl (C=O) groups excluding carboxylic acids is 1. The number of amides is 1. The molecule has 0 atom stereocenters. The second-order valence-corrected chi connectivity index (χ2v) is 5.57. The first-order valence-electron chi connectivity index (χ1n) is 7.52. The second-order valence-electron chi connectivity index (χ2n) is 5.57. The zero-order valence-corrected chi connectivity index (χ0v) is 12.0. The molecule has 5 heteroatoms. The van der Waals surface area contributed by atoms with E-state index in [4.69, 9.17) is 5.11 Å². The molecule has 0 unspecified atom stereocenters. The second kappa shape index (κ2) is 8.57. The van der Waals surface area contributed by atoms with E-state index in [9.17, 15) is 14.9 Å². The van der Waals surface area contributed by atoms with Gasteiger partial charge in [-0.3, -0.25) is 9.59 Å². The Bertz CT molecular complexity index is 368. The van der Waals surface area contributed by atoms with Crippen molar-refractivity contribution in [2.45, 2.75) is 64.2 Å². The molecule has 0 aromatic carbocycles. The molecule has 112 valence electrons. The predicted molar refractivity (Wildman–Crippen MR) is 74.9 cm³/mol. The van der Waals surface area contributed by atoms with Crippen molar-refractivity contribution in [3.05, 3.63) is 0 Å². The largest absolute Gasteiger partial charge is 0.481 e. The van der Waals surface area contributed by atoms with Gasteiger partial charge in [0.25, 0.3) is 0 Å². The predicted octanol–water partition coefficient (Wildman–Crippen LogP) is 2.61. The molecule has 0 aromatic heterocycles. The number of carboxylic acid groups (broad SMARTS) is 1. The van der Waals surface area contributed by atoms with E-state index < -0.39 is 11.4 Å². The third kappa shape index (κ3) is 5.20. The van der Waals surface area contributed by atoms with Crippen molar-refractivity contribution in [3.8, 4) is 6.07 Å². The van der Waals surface area contributed by atoms with Crippen LogP contribution in [0.2, 0.25) is 0 Å². The Hall–Kier alpha value is -1.57. The highest BCUT2D eigenvalue weighted by Gasteiger charge is 2.41. The summed E-state index contributed by atoms with van der Waals surface area (Å²) >= 11 is 0. The van der Waals surface area contributed by atoms with Gasteiger partial charge in [-0.2, -0.15) is 5.26 Å². The maximum Gasteiger partial charge on any atom is 0.303 e. The summed E-state index contributed by atoms with van der Waals surface area (Å²) in [7, 11) is 0. The van der Waals surface area contributed by atoms with Crippen LogP contribution in [0.1, 0.15) is 64.2 Å². The van der Waals surface area contributed by atoms with Gasteiger partial charge >= 0.3 is 5.97 Å². The summed E-state index contributed by atoms with van der Waals surface area (Å²) in [6.07, 6.45) is 8.04. The minimum Gasteiger partial charge on any atom is -0.481 e. The number of unbranched alkanes of at least 4 members (excludes halogenated alkanes) is 4. The van der Waals surface area contributed by atoms with Gasteiger partial charge < -0.3 is 10.4 Å². The fraction of sp³-hybridized carbons (Fsp3) is 0.800. The fourth-order valence-corrected chi connectivity index (χ4v) is 2.67. The molecule has 2 N–H and O–H groups in total. The Morgan fingerprint density at radius 3 is 2.30 bits per heavy atom. The zero-order chi connectivity index (χ0) is 14.8. The number of carbonyl (C=O) groups is 2. The van der Waals surface area contributed by atoms with Crippen molar-refractivity contribution in [3.63, 3.8) is 0 Å². The SMILES string of the molecule is N#CC1(C(=O)NCCCCCCCC(=O)O)CCCC1. The number of nitriles is 1. The van der Waals surface area contributed by atoms with E-state index in [0.29, 0.717) is 19.4 Å². The van der Waals surface area contributed by atoms with Crippen molar-refractivity contribution < 1.29 is 14.7 Å². The molecular formula is C15H24N2O3. The van der Waals surface area contributed by atoms with Crippen LogP contribution in [0, 0.1) is 16.7 Å². The molecule has 1 aliphatic rings. The Morgan fingerprint density at radius 2 is 1.70 bits per heavy atom. The summed E-state index contributed by atoms with van der Waals surface area (Å²) < 4.78 is 0. The minimum absolute atomic E-state index is 0.108. The molecule has 20 heavy (non-hydrogen) atoms. The van der Waals surface area contributed by atoms with E-state index in [1.807, 2.05) is 0 Å². The first-order valence-corrected chi connectivity index (χ1v) is 7.52. The van der Waals surface area contributed by atoms with Crippen molar-refractivity contribution in [1.82, 2.24) is 5.32 Å². The quantitative estimate of drug-likeness (QED) is 0.635. The summed E-state index contributed by atoms with van der Waals surface area (Å²) in [5.41, 5.74) is -0.776. The number of nitrogens with zero attached hydrogens (tertiary/aromatic N) is 1. The minimum atomic E-state index is -0.776. The normalized spacial score (nSPS) is 16.6. The van der Waals surface area contributed by atoms with Gasteiger partial charge in [0, 0.05) is 13.0 Å². The topological polar surface area (TPSA) is 90.2 Å². The first kappa shape index (κ1) is 16.5. The molecule has 0 radical (unpaired) electrons. The molecule has 5 nitrogen and oxygen atoms in total. The van der Waals surface area contributed by atoms with Gasteiger partial charge in [-0.15, -0.1) is 0 Å². The van der Waals surface area contributed by atoms with Crippen LogP contribution in [-0.2, 0) is 9.59 Å². The Kier molecular flexibility index (Phi) is 7.06. The van der Waals surface area contributed by atoms with Crippen LogP contribution in [0.15, 0.2) is 0 Å². The van der Waals surface area contributed by atoms with E-state index in [0.717, 1.165) is 44.9 Å². The van der Waals surface area contributed by atoms with Crippen LogP contribution < -0.4 is 5.32 Å². The lowest BCUT2D eigenvalue weighted by molar-refractivity contribution is -0.137. The lowest BCUT2D eigenvalue weighted by Gasteiger charge is -2.19. The molecule has 0 bridgehead atoms. The molecule has 0 aromatic rings.